The molecule has 1 aliphatic heterocycles. The maximum atomic E-state index is 12.7. The van der Waals surface area contributed by atoms with Gasteiger partial charge in [-0.3, -0.25) is 4.79 Å². The van der Waals surface area contributed by atoms with E-state index in [4.69, 9.17) is 4.74 Å². The number of aryl methyl sites for hydroxylation is 1. The number of aromatic nitrogens is 2. The van der Waals surface area contributed by atoms with Crippen LogP contribution in [0.25, 0.3) is 0 Å². The van der Waals surface area contributed by atoms with Gasteiger partial charge >= 0.3 is 6.09 Å². The molecule has 2 heterocycles. The van der Waals surface area contributed by atoms with Crippen molar-refractivity contribution < 1.29 is 14.3 Å². The van der Waals surface area contributed by atoms with E-state index in [0.29, 0.717) is 44.4 Å². The SMILES string of the molecule is CCOC(=O)N1CCN(c2nc(C)cc(C(=O)NC(C)c3ccccc3)n2)CC1. The van der Waals surface area contributed by atoms with Crippen LogP contribution in [0.2, 0.25) is 0 Å². The maximum Gasteiger partial charge on any atom is 0.409 e. The molecule has 8 nitrogen and oxygen atoms in total. The van der Waals surface area contributed by atoms with Crippen LogP contribution in [0.4, 0.5) is 10.7 Å². The highest BCUT2D eigenvalue weighted by Crippen LogP contribution is 2.16. The standard InChI is InChI=1S/C21H27N5O3/c1-4-29-21(28)26-12-10-25(11-13-26)20-22-15(2)14-18(24-20)19(27)23-16(3)17-8-6-5-7-9-17/h5-9,14,16H,4,10-13H2,1-3H3,(H,23,27). The topological polar surface area (TPSA) is 87.7 Å². The molecule has 1 N–H and O–H groups in total. The zero-order chi connectivity index (χ0) is 20.8. The highest BCUT2D eigenvalue weighted by atomic mass is 16.6. The van der Waals surface area contributed by atoms with E-state index < -0.39 is 0 Å². The van der Waals surface area contributed by atoms with Crippen LogP contribution in [-0.4, -0.2) is 59.7 Å². The van der Waals surface area contributed by atoms with Gasteiger partial charge in [0.2, 0.25) is 5.95 Å². The summed E-state index contributed by atoms with van der Waals surface area (Å²) in [7, 11) is 0. The third kappa shape index (κ3) is 5.22. The van der Waals surface area contributed by atoms with Crippen LogP contribution in [-0.2, 0) is 4.74 Å². The van der Waals surface area contributed by atoms with Gasteiger partial charge in [-0.05, 0) is 32.4 Å². The van der Waals surface area contributed by atoms with E-state index in [1.807, 2.05) is 49.1 Å². The molecule has 1 unspecified atom stereocenters. The van der Waals surface area contributed by atoms with Gasteiger partial charge in [0.25, 0.3) is 5.91 Å². The van der Waals surface area contributed by atoms with Crippen molar-refractivity contribution in [3.8, 4) is 0 Å². The Morgan fingerprint density at radius 2 is 1.83 bits per heavy atom. The molecule has 1 atom stereocenters. The molecule has 0 bridgehead atoms. The monoisotopic (exact) mass is 397 g/mol. The minimum absolute atomic E-state index is 0.129. The number of nitrogens with zero attached hydrogens (tertiary/aromatic N) is 4. The van der Waals surface area contributed by atoms with Crippen molar-refractivity contribution in [3.63, 3.8) is 0 Å². The summed E-state index contributed by atoms with van der Waals surface area (Å²) in [5.74, 6) is 0.268. The number of amides is 2. The van der Waals surface area contributed by atoms with Gasteiger partial charge in [0.05, 0.1) is 12.6 Å². The summed E-state index contributed by atoms with van der Waals surface area (Å²) in [6, 6.07) is 11.3. The van der Waals surface area contributed by atoms with Crippen molar-refractivity contribution in [2.24, 2.45) is 0 Å². The number of anilines is 1. The molecule has 1 aromatic carbocycles. The first-order valence-electron chi connectivity index (χ1n) is 9.86. The van der Waals surface area contributed by atoms with Gasteiger partial charge in [-0.1, -0.05) is 30.3 Å². The molecule has 154 valence electrons. The van der Waals surface area contributed by atoms with Gasteiger partial charge < -0.3 is 19.9 Å². The number of hydrogen-bond donors (Lipinski definition) is 1. The Bertz CT molecular complexity index is 851. The molecule has 1 saturated heterocycles. The molecule has 29 heavy (non-hydrogen) atoms. The van der Waals surface area contributed by atoms with Gasteiger partial charge in [0.15, 0.2) is 0 Å². The fourth-order valence-corrected chi connectivity index (χ4v) is 3.21. The summed E-state index contributed by atoms with van der Waals surface area (Å²) < 4.78 is 5.05. The third-order valence-electron chi connectivity index (χ3n) is 4.81. The van der Waals surface area contributed by atoms with Crippen LogP contribution >= 0.6 is 0 Å². The average Bonchev–Trinajstić information content (AvgIpc) is 2.74. The fraction of sp³-hybridized carbons (Fsp3) is 0.429. The molecule has 1 aliphatic rings. The second kappa shape index (κ2) is 9.36. The van der Waals surface area contributed by atoms with E-state index in [2.05, 4.69) is 15.3 Å². The molecular formula is C21H27N5O3. The lowest BCUT2D eigenvalue weighted by Crippen LogP contribution is -2.49. The van der Waals surface area contributed by atoms with Crippen molar-refractivity contribution >= 4 is 17.9 Å². The number of carbonyl (C=O) groups is 2. The number of carbonyl (C=O) groups excluding carboxylic acids is 2. The Balaban J connectivity index is 1.67. The van der Waals surface area contributed by atoms with Gasteiger partial charge in [0.1, 0.15) is 5.69 Å². The van der Waals surface area contributed by atoms with Gasteiger partial charge in [-0.15, -0.1) is 0 Å². The maximum absolute atomic E-state index is 12.7. The first kappa shape index (κ1) is 20.6. The summed E-state index contributed by atoms with van der Waals surface area (Å²) in [5.41, 5.74) is 2.09. The molecule has 8 heteroatoms. The molecule has 2 amide bonds. The van der Waals surface area contributed by atoms with Crippen molar-refractivity contribution in [2.45, 2.75) is 26.8 Å². The van der Waals surface area contributed by atoms with E-state index in [0.717, 1.165) is 11.3 Å². The Morgan fingerprint density at radius 3 is 2.48 bits per heavy atom. The number of ether oxygens (including phenoxy) is 1. The van der Waals surface area contributed by atoms with Crippen LogP contribution in [0.1, 0.15) is 41.6 Å². The van der Waals surface area contributed by atoms with Crippen LogP contribution < -0.4 is 10.2 Å². The molecule has 0 radical (unpaired) electrons. The lowest BCUT2D eigenvalue weighted by molar-refractivity contribution is 0.0934. The molecule has 0 saturated carbocycles. The number of nitrogens with one attached hydrogen (secondary N) is 1. The smallest absolute Gasteiger partial charge is 0.409 e. The summed E-state index contributed by atoms with van der Waals surface area (Å²) in [6.07, 6.45) is -0.299. The fourth-order valence-electron chi connectivity index (χ4n) is 3.21. The molecule has 1 aromatic heterocycles. The normalized spacial score (nSPS) is 15.0. The van der Waals surface area contributed by atoms with Gasteiger partial charge in [0, 0.05) is 31.9 Å². The van der Waals surface area contributed by atoms with Crippen molar-refractivity contribution in [2.75, 3.05) is 37.7 Å². The molecule has 0 aliphatic carbocycles. The van der Waals surface area contributed by atoms with Crippen molar-refractivity contribution in [1.82, 2.24) is 20.2 Å². The lowest BCUT2D eigenvalue weighted by Gasteiger charge is -2.34. The predicted octanol–water partition coefficient (Wildman–Crippen LogP) is 2.55. The van der Waals surface area contributed by atoms with E-state index in [1.165, 1.54) is 0 Å². The second-order valence-corrected chi connectivity index (χ2v) is 6.97. The summed E-state index contributed by atoms with van der Waals surface area (Å²) in [5, 5.41) is 2.99. The van der Waals surface area contributed by atoms with Crippen LogP contribution in [0, 0.1) is 6.92 Å². The number of benzene rings is 1. The summed E-state index contributed by atoms with van der Waals surface area (Å²) >= 11 is 0. The Hall–Kier alpha value is -3.16. The molecule has 1 fully saturated rings. The predicted molar refractivity (Wildman–Crippen MR) is 110 cm³/mol. The largest absolute Gasteiger partial charge is 0.450 e. The van der Waals surface area contributed by atoms with Crippen molar-refractivity contribution in [1.29, 1.82) is 0 Å². The first-order valence-corrected chi connectivity index (χ1v) is 9.86. The third-order valence-corrected chi connectivity index (χ3v) is 4.81. The highest BCUT2D eigenvalue weighted by molar-refractivity contribution is 5.92. The Morgan fingerprint density at radius 1 is 1.14 bits per heavy atom. The summed E-state index contributed by atoms with van der Waals surface area (Å²) in [6.45, 7) is 8.17. The van der Waals surface area contributed by atoms with Gasteiger partial charge in [-0.25, -0.2) is 14.8 Å². The lowest BCUT2D eigenvalue weighted by atomic mass is 10.1. The highest BCUT2D eigenvalue weighted by Gasteiger charge is 2.24. The molecule has 3 rings (SSSR count). The minimum Gasteiger partial charge on any atom is -0.450 e. The second-order valence-electron chi connectivity index (χ2n) is 6.97. The van der Waals surface area contributed by atoms with E-state index in [1.54, 1.807) is 17.9 Å². The van der Waals surface area contributed by atoms with Crippen molar-refractivity contribution in [3.05, 3.63) is 53.3 Å². The Kier molecular flexibility index (Phi) is 6.64. The Labute approximate surface area is 170 Å². The number of hydrogen-bond acceptors (Lipinski definition) is 6. The number of piperazine rings is 1. The first-order chi connectivity index (χ1) is 14.0. The minimum atomic E-state index is -0.299. The number of rotatable bonds is 5. The zero-order valence-corrected chi connectivity index (χ0v) is 17.1. The van der Waals surface area contributed by atoms with Crippen LogP contribution in [0.5, 0.6) is 0 Å². The zero-order valence-electron chi connectivity index (χ0n) is 17.1. The van der Waals surface area contributed by atoms with Gasteiger partial charge in [-0.2, -0.15) is 0 Å². The molecular weight excluding hydrogens is 370 g/mol. The summed E-state index contributed by atoms with van der Waals surface area (Å²) in [4.78, 5) is 37.2. The molecule has 2 aromatic rings. The van der Waals surface area contributed by atoms with Crippen LogP contribution in [0.3, 0.4) is 0 Å². The van der Waals surface area contributed by atoms with Crippen LogP contribution in [0.15, 0.2) is 36.4 Å². The average molecular weight is 397 g/mol. The van der Waals surface area contributed by atoms with E-state index >= 15 is 0 Å². The molecule has 0 spiro atoms. The van der Waals surface area contributed by atoms with E-state index in [-0.39, 0.29) is 18.0 Å². The van der Waals surface area contributed by atoms with E-state index in [9.17, 15) is 9.59 Å². The quantitative estimate of drug-likeness (QED) is 0.834.